The number of hydrogen-bond acceptors (Lipinski definition) is 4. The number of hydrogen-bond donors (Lipinski definition) is 2. The van der Waals surface area contributed by atoms with Gasteiger partial charge in [0.2, 0.25) is 0 Å². The average molecular weight is 249 g/mol. The van der Waals surface area contributed by atoms with E-state index in [0.717, 1.165) is 12.8 Å². The van der Waals surface area contributed by atoms with Crippen LogP contribution in [0.1, 0.15) is 32.2 Å². The third-order valence-electron chi connectivity index (χ3n) is 3.12. The summed E-state index contributed by atoms with van der Waals surface area (Å²) in [5.74, 6) is 0.597. The van der Waals surface area contributed by atoms with Crippen molar-refractivity contribution in [2.24, 2.45) is 5.73 Å². The molecule has 3 N–H and O–H groups in total. The zero-order chi connectivity index (χ0) is 13.1. The number of amidine groups is 1. The Morgan fingerprint density at radius 3 is 2.94 bits per heavy atom. The van der Waals surface area contributed by atoms with E-state index >= 15 is 0 Å². The van der Waals surface area contributed by atoms with Crippen LogP contribution in [0.25, 0.3) is 0 Å². The molecule has 1 aliphatic rings. The van der Waals surface area contributed by atoms with Crippen molar-refractivity contribution in [1.82, 2.24) is 9.55 Å². The van der Waals surface area contributed by atoms with Gasteiger partial charge in [-0.2, -0.15) is 0 Å². The smallest absolute Gasteiger partial charge is 0.293 e. The summed E-state index contributed by atoms with van der Waals surface area (Å²) in [5.41, 5.74) is 5.32. The number of nitrogens with zero attached hydrogens (tertiary/aromatic N) is 3. The zero-order valence-electron chi connectivity index (χ0n) is 10.6. The number of rotatable bonds is 6. The van der Waals surface area contributed by atoms with E-state index in [2.05, 4.69) is 4.98 Å². The first kappa shape index (κ1) is 12.6. The number of nitrogens with one attached hydrogen (secondary N) is 1. The van der Waals surface area contributed by atoms with E-state index in [4.69, 9.17) is 11.1 Å². The predicted octanol–water partition coefficient (Wildman–Crippen LogP) is 0.731. The Balaban J connectivity index is 2.22. The molecule has 0 atom stereocenters. The maximum atomic E-state index is 12.3. The Morgan fingerprint density at radius 2 is 2.39 bits per heavy atom. The van der Waals surface area contributed by atoms with Crippen LogP contribution in [0, 0.1) is 5.41 Å². The van der Waals surface area contributed by atoms with Gasteiger partial charge in [-0.25, -0.2) is 4.98 Å². The van der Waals surface area contributed by atoms with E-state index < -0.39 is 0 Å². The molecule has 1 saturated carbocycles. The molecule has 0 saturated heterocycles. The molecule has 6 heteroatoms. The second-order valence-corrected chi connectivity index (χ2v) is 4.55. The molecule has 1 aliphatic carbocycles. The van der Waals surface area contributed by atoms with Crippen LogP contribution in [0.4, 0.5) is 5.82 Å². The minimum absolute atomic E-state index is 0.0367. The second kappa shape index (κ2) is 5.20. The van der Waals surface area contributed by atoms with Crippen molar-refractivity contribution in [3.05, 3.63) is 22.7 Å². The first-order valence-corrected chi connectivity index (χ1v) is 6.28. The highest BCUT2D eigenvalue weighted by atomic mass is 16.1. The molecule has 1 heterocycles. The Bertz CT molecular complexity index is 491. The van der Waals surface area contributed by atoms with E-state index in [9.17, 15) is 4.79 Å². The van der Waals surface area contributed by atoms with Crippen molar-refractivity contribution in [2.75, 3.05) is 18.0 Å². The van der Waals surface area contributed by atoms with Gasteiger partial charge in [-0.1, -0.05) is 0 Å². The summed E-state index contributed by atoms with van der Waals surface area (Å²) in [6, 6.07) is 0.353. The lowest BCUT2D eigenvalue weighted by Crippen LogP contribution is -2.35. The minimum Gasteiger partial charge on any atom is -0.388 e. The van der Waals surface area contributed by atoms with Crippen molar-refractivity contribution in [1.29, 1.82) is 5.41 Å². The molecule has 6 nitrogen and oxygen atoms in total. The Morgan fingerprint density at radius 1 is 1.67 bits per heavy atom. The fourth-order valence-electron chi connectivity index (χ4n) is 1.94. The van der Waals surface area contributed by atoms with Crippen LogP contribution in [-0.4, -0.2) is 28.5 Å². The van der Waals surface area contributed by atoms with E-state index in [-0.39, 0.29) is 11.4 Å². The number of anilines is 1. The summed E-state index contributed by atoms with van der Waals surface area (Å²) in [6.45, 7) is 3.21. The van der Waals surface area contributed by atoms with Crippen molar-refractivity contribution >= 4 is 11.7 Å². The highest BCUT2D eigenvalue weighted by molar-refractivity contribution is 5.77. The highest BCUT2D eigenvalue weighted by Gasteiger charge is 2.26. The standard InChI is InChI=1S/C12H19N5O/c1-2-16(7-5-10(13)14)11-12(18)17(8-6-15-11)9-3-4-9/h6,8-9H,2-5,7H2,1H3,(H3,13,14). The molecule has 98 valence electrons. The van der Waals surface area contributed by atoms with Gasteiger partial charge in [0.25, 0.3) is 5.56 Å². The lowest BCUT2D eigenvalue weighted by Gasteiger charge is -2.21. The molecule has 18 heavy (non-hydrogen) atoms. The van der Waals surface area contributed by atoms with Gasteiger partial charge < -0.3 is 15.2 Å². The molecule has 1 fully saturated rings. The lowest BCUT2D eigenvalue weighted by atomic mass is 10.3. The van der Waals surface area contributed by atoms with Gasteiger partial charge in [-0.15, -0.1) is 0 Å². The van der Waals surface area contributed by atoms with Crippen LogP contribution < -0.4 is 16.2 Å². The minimum atomic E-state index is -0.0367. The number of nitrogens with two attached hydrogens (primary N) is 1. The molecule has 2 rings (SSSR count). The van der Waals surface area contributed by atoms with E-state index in [0.29, 0.717) is 31.4 Å². The molecule has 1 aromatic heterocycles. The van der Waals surface area contributed by atoms with Crippen molar-refractivity contribution in [3.63, 3.8) is 0 Å². The summed E-state index contributed by atoms with van der Waals surface area (Å²) in [4.78, 5) is 18.3. The fraction of sp³-hybridized carbons (Fsp3) is 0.583. The topological polar surface area (TPSA) is 88.0 Å². The molecule has 0 amide bonds. The van der Waals surface area contributed by atoms with E-state index in [1.54, 1.807) is 17.0 Å². The first-order chi connectivity index (χ1) is 8.63. The zero-order valence-corrected chi connectivity index (χ0v) is 10.6. The molecule has 0 aromatic carbocycles. The summed E-state index contributed by atoms with van der Waals surface area (Å²) in [7, 11) is 0. The second-order valence-electron chi connectivity index (χ2n) is 4.55. The Kier molecular flexibility index (Phi) is 3.64. The monoisotopic (exact) mass is 249 g/mol. The molecule has 0 aliphatic heterocycles. The summed E-state index contributed by atoms with van der Waals surface area (Å²) >= 11 is 0. The van der Waals surface area contributed by atoms with Crippen LogP contribution in [0.15, 0.2) is 17.2 Å². The Labute approximate surface area is 106 Å². The van der Waals surface area contributed by atoms with E-state index in [1.807, 2.05) is 11.8 Å². The van der Waals surface area contributed by atoms with Crippen LogP contribution >= 0.6 is 0 Å². The molecule has 0 unspecified atom stereocenters. The SMILES string of the molecule is CCN(CCC(=N)N)c1nccn(C2CC2)c1=O. The lowest BCUT2D eigenvalue weighted by molar-refractivity contribution is 0.685. The van der Waals surface area contributed by atoms with Gasteiger partial charge in [-0.05, 0) is 19.8 Å². The molecule has 1 aromatic rings. The molecule has 0 bridgehead atoms. The van der Waals surface area contributed by atoms with Crippen molar-refractivity contribution in [2.45, 2.75) is 32.2 Å². The van der Waals surface area contributed by atoms with Crippen LogP contribution in [0.3, 0.4) is 0 Å². The largest absolute Gasteiger partial charge is 0.388 e. The van der Waals surface area contributed by atoms with E-state index in [1.165, 1.54) is 0 Å². The summed E-state index contributed by atoms with van der Waals surface area (Å²) < 4.78 is 1.76. The molecular weight excluding hydrogens is 230 g/mol. The van der Waals surface area contributed by atoms with Crippen LogP contribution in [0.5, 0.6) is 0 Å². The average Bonchev–Trinajstić information content (AvgIpc) is 3.15. The van der Waals surface area contributed by atoms with Gasteiger partial charge in [-0.3, -0.25) is 10.2 Å². The summed E-state index contributed by atoms with van der Waals surface area (Å²) in [6.07, 6.45) is 6.02. The van der Waals surface area contributed by atoms with Gasteiger partial charge in [0.15, 0.2) is 5.82 Å². The number of aromatic nitrogens is 2. The molecular formula is C12H19N5O. The molecule has 0 radical (unpaired) electrons. The Hall–Kier alpha value is -1.85. The fourth-order valence-corrected chi connectivity index (χ4v) is 1.94. The third-order valence-corrected chi connectivity index (χ3v) is 3.12. The molecule has 0 spiro atoms. The maximum Gasteiger partial charge on any atom is 0.293 e. The summed E-state index contributed by atoms with van der Waals surface area (Å²) in [5, 5.41) is 7.25. The quantitative estimate of drug-likeness (QED) is 0.574. The van der Waals surface area contributed by atoms with Gasteiger partial charge in [0.1, 0.15) is 0 Å². The van der Waals surface area contributed by atoms with Crippen molar-refractivity contribution in [3.8, 4) is 0 Å². The van der Waals surface area contributed by atoms with Gasteiger partial charge in [0, 0.05) is 37.9 Å². The normalized spacial score (nSPS) is 14.5. The van der Waals surface area contributed by atoms with Gasteiger partial charge >= 0.3 is 0 Å². The van der Waals surface area contributed by atoms with Crippen LogP contribution in [-0.2, 0) is 0 Å². The predicted molar refractivity (Wildman–Crippen MR) is 71.2 cm³/mol. The van der Waals surface area contributed by atoms with Gasteiger partial charge in [0.05, 0.1) is 5.84 Å². The first-order valence-electron chi connectivity index (χ1n) is 6.28. The maximum absolute atomic E-state index is 12.3. The highest BCUT2D eigenvalue weighted by Crippen LogP contribution is 2.33. The van der Waals surface area contributed by atoms with Crippen LogP contribution in [0.2, 0.25) is 0 Å². The third kappa shape index (κ3) is 2.69. The van der Waals surface area contributed by atoms with Crippen molar-refractivity contribution < 1.29 is 0 Å².